The second-order valence-corrected chi connectivity index (χ2v) is 8.61. The third kappa shape index (κ3) is 3.59. The van der Waals surface area contributed by atoms with Crippen molar-refractivity contribution in [1.82, 2.24) is 14.7 Å². The molecule has 2 aliphatic rings. The monoisotopic (exact) mass is 444 g/mol. The molecular weight excluding hydrogens is 419 g/mol. The molecule has 33 heavy (non-hydrogen) atoms. The van der Waals surface area contributed by atoms with Crippen molar-refractivity contribution in [2.45, 2.75) is 25.7 Å². The molecule has 0 bridgehead atoms. The molecule has 1 atom stereocenters. The van der Waals surface area contributed by atoms with E-state index in [1.807, 2.05) is 43.6 Å². The fourth-order valence-corrected chi connectivity index (χ4v) is 4.50. The van der Waals surface area contributed by atoms with Gasteiger partial charge in [0.15, 0.2) is 0 Å². The van der Waals surface area contributed by atoms with E-state index in [2.05, 4.69) is 23.1 Å². The summed E-state index contributed by atoms with van der Waals surface area (Å²) in [6.07, 6.45) is 8.06. The summed E-state index contributed by atoms with van der Waals surface area (Å²) in [5.74, 6) is 0.585. The first-order valence-corrected chi connectivity index (χ1v) is 10.8. The minimum absolute atomic E-state index is 0.113. The molecule has 5 rings (SSSR count). The highest BCUT2D eigenvalue weighted by Crippen LogP contribution is 2.39. The fourth-order valence-electron chi connectivity index (χ4n) is 4.50. The standard InChI is InChI=1S/C26H25FN4O2/c1-26(21-7-3-19(14-32)20(11-21)15-33)16-28-24-10-6-18(12-31(24)26)23-13-30(2)29-25(23)17-4-8-22(27)9-5-17/h3-13,32-33H,14-16H2,1-2H3/t26-/m0/s1. The number of aliphatic hydroxyl groups excluding tert-OH is 2. The van der Waals surface area contributed by atoms with E-state index in [-0.39, 0.29) is 19.0 Å². The maximum absolute atomic E-state index is 13.5. The van der Waals surface area contributed by atoms with Crippen LogP contribution in [0, 0.1) is 5.82 Å². The van der Waals surface area contributed by atoms with Crippen LogP contribution in [-0.2, 0) is 25.8 Å². The van der Waals surface area contributed by atoms with Gasteiger partial charge in [-0.3, -0.25) is 9.67 Å². The fraction of sp³-hybridized carbons (Fsp3) is 0.231. The summed E-state index contributed by atoms with van der Waals surface area (Å²) in [5, 5.41) is 24.0. The molecule has 6 nitrogen and oxygen atoms in total. The van der Waals surface area contributed by atoms with Gasteiger partial charge in [0, 0.05) is 36.1 Å². The zero-order valence-electron chi connectivity index (χ0n) is 18.5. The van der Waals surface area contributed by atoms with Gasteiger partial charge in [-0.2, -0.15) is 5.10 Å². The highest BCUT2D eigenvalue weighted by molar-refractivity contribution is 6.02. The Balaban J connectivity index is 1.56. The Morgan fingerprint density at radius 3 is 2.52 bits per heavy atom. The maximum atomic E-state index is 13.5. The zero-order valence-corrected chi connectivity index (χ0v) is 18.5. The van der Waals surface area contributed by atoms with E-state index < -0.39 is 5.54 Å². The van der Waals surface area contributed by atoms with Gasteiger partial charge in [0.05, 0.1) is 25.3 Å². The van der Waals surface area contributed by atoms with Crippen LogP contribution < -0.4 is 0 Å². The van der Waals surface area contributed by atoms with Gasteiger partial charge < -0.3 is 15.1 Å². The summed E-state index contributed by atoms with van der Waals surface area (Å²) < 4.78 is 15.2. The Labute approximate surface area is 191 Å². The van der Waals surface area contributed by atoms with E-state index in [9.17, 15) is 14.6 Å². The lowest BCUT2D eigenvalue weighted by atomic mass is 9.88. The van der Waals surface area contributed by atoms with Gasteiger partial charge in [-0.05, 0) is 60.0 Å². The molecule has 2 aromatic carbocycles. The van der Waals surface area contributed by atoms with E-state index in [1.54, 1.807) is 16.8 Å². The van der Waals surface area contributed by atoms with Crippen molar-refractivity contribution in [1.29, 1.82) is 0 Å². The number of amidine groups is 1. The van der Waals surface area contributed by atoms with E-state index in [0.29, 0.717) is 12.1 Å². The molecule has 0 radical (unpaired) electrons. The van der Waals surface area contributed by atoms with E-state index >= 15 is 0 Å². The highest BCUT2D eigenvalue weighted by Gasteiger charge is 2.40. The Morgan fingerprint density at radius 1 is 1.03 bits per heavy atom. The molecule has 0 unspecified atom stereocenters. The maximum Gasteiger partial charge on any atom is 0.128 e. The van der Waals surface area contributed by atoms with Crippen molar-refractivity contribution < 1.29 is 14.6 Å². The summed E-state index contributed by atoms with van der Waals surface area (Å²) in [4.78, 5) is 6.90. The van der Waals surface area contributed by atoms with E-state index in [1.165, 1.54) is 12.1 Å². The first-order valence-electron chi connectivity index (χ1n) is 10.8. The topological polar surface area (TPSA) is 73.9 Å². The zero-order chi connectivity index (χ0) is 23.2. The molecule has 0 amide bonds. The Kier molecular flexibility index (Phi) is 5.23. The number of rotatable bonds is 5. The van der Waals surface area contributed by atoms with Crippen LogP contribution in [0.5, 0.6) is 0 Å². The first kappa shape index (κ1) is 21.3. The van der Waals surface area contributed by atoms with Crippen LogP contribution >= 0.6 is 0 Å². The molecule has 7 heteroatoms. The summed E-state index contributed by atoms with van der Waals surface area (Å²) >= 11 is 0. The smallest absolute Gasteiger partial charge is 0.128 e. The highest BCUT2D eigenvalue weighted by atomic mass is 19.1. The SMILES string of the molecule is Cn1cc(C2=CN3C(=NC[C@@]3(C)c3ccc(CO)c(CO)c3)C=C2)c(-c2ccc(F)cc2)n1. The van der Waals surface area contributed by atoms with Gasteiger partial charge in [-0.1, -0.05) is 18.2 Å². The number of halogens is 1. The van der Waals surface area contributed by atoms with Gasteiger partial charge in [-0.25, -0.2) is 4.39 Å². The summed E-state index contributed by atoms with van der Waals surface area (Å²) in [5.41, 5.74) is 5.55. The number of nitrogens with zero attached hydrogens (tertiary/aromatic N) is 4. The van der Waals surface area contributed by atoms with Crippen molar-refractivity contribution in [2.75, 3.05) is 6.54 Å². The molecule has 0 aliphatic carbocycles. The second-order valence-electron chi connectivity index (χ2n) is 8.61. The van der Waals surface area contributed by atoms with Crippen molar-refractivity contribution in [2.24, 2.45) is 12.0 Å². The number of hydrogen-bond acceptors (Lipinski definition) is 5. The minimum atomic E-state index is -0.443. The van der Waals surface area contributed by atoms with E-state index in [4.69, 9.17) is 4.99 Å². The van der Waals surface area contributed by atoms with Crippen LogP contribution in [0.3, 0.4) is 0 Å². The number of aromatic nitrogens is 2. The number of benzene rings is 2. The van der Waals surface area contributed by atoms with Gasteiger partial charge >= 0.3 is 0 Å². The molecule has 2 aliphatic heterocycles. The molecule has 168 valence electrons. The largest absolute Gasteiger partial charge is 0.392 e. The Bertz CT molecular complexity index is 1310. The number of allylic oxidation sites excluding steroid dienone is 2. The summed E-state index contributed by atoms with van der Waals surface area (Å²) in [6.45, 7) is 2.44. The lowest BCUT2D eigenvalue weighted by Gasteiger charge is -2.37. The van der Waals surface area contributed by atoms with Crippen LogP contribution in [0.4, 0.5) is 4.39 Å². The number of aryl methyl sites for hydroxylation is 1. The third-order valence-electron chi connectivity index (χ3n) is 6.43. The lowest BCUT2D eigenvalue weighted by molar-refractivity contribution is 0.258. The number of aliphatic imine (C=N–C) groups is 1. The molecule has 0 saturated heterocycles. The molecule has 3 aromatic rings. The van der Waals surface area contributed by atoms with Crippen molar-refractivity contribution in [3.8, 4) is 11.3 Å². The Morgan fingerprint density at radius 2 is 1.79 bits per heavy atom. The van der Waals surface area contributed by atoms with Gasteiger partial charge in [-0.15, -0.1) is 0 Å². The molecule has 0 saturated carbocycles. The summed E-state index contributed by atoms with van der Waals surface area (Å²) in [7, 11) is 1.87. The van der Waals surface area contributed by atoms with E-state index in [0.717, 1.165) is 39.4 Å². The van der Waals surface area contributed by atoms with Crippen LogP contribution in [0.2, 0.25) is 0 Å². The van der Waals surface area contributed by atoms with Crippen molar-refractivity contribution >= 4 is 11.4 Å². The van der Waals surface area contributed by atoms with Gasteiger partial charge in [0.25, 0.3) is 0 Å². The second kappa shape index (κ2) is 8.10. The van der Waals surface area contributed by atoms with Crippen LogP contribution in [-0.4, -0.2) is 37.3 Å². The summed E-state index contributed by atoms with van der Waals surface area (Å²) in [6, 6.07) is 12.2. The predicted octanol–water partition coefficient (Wildman–Crippen LogP) is 3.75. The van der Waals surface area contributed by atoms with Crippen LogP contribution in [0.25, 0.3) is 16.8 Å². The van der Waals surface area contributed by atoms with Crippen molar-refractivity contribution in [3.05, 3.63) is 95.1 Å². The average Bonchev–Trinajstić information content (AvgIpc) is 3.39. The van der Waals surface area contributed by atoms with Gasteiger partial charge in [0.2, 0.25) is 0 Å². The molecule has 0 spiro atoms. The quantitative estimate of drug-likeness (QED) is 0.629. The molecular formula is C26H25FN4O2. The number of fused-ring (bicyclic) bond motifs is 1. The first-order chi connectivity index (χ1) is 15.9. The third-order valence-corrected chi connectivity index (χ3v) is 6.43. The van der Waals surface area contributed by atoms with Crippen molar-refractivity contribution in [3.63, 3.8) is 0 Å². The van der Waals surface area contributed by atoms with Crippen LogP contribution in [0.1, 0.15) is 29.2 Å². The molecule has 2 N–H and O–H groups in total. The Hall–Kier alpha value is -3.55. The lowest BCUT2D eigenvalue weighted by Crippen LogP contribution is -2.41. The minimum Gasteiger partial charge on any atom is -0.392 e. The predicted molar refractivity (Wildman–Crippen MR) is 125 cm³/mol. The van der Waals surface area contributed by atoms with Gasteiger partial charge in [0.1, 0.15) is 17.3 Å². The average molecular weight is 445 g/mol. The number of aliphatic hydroxyl groups is 2. The molecule has 3 heterocycles. The molecule has 1 aromatic heterocycles. The molecule has 0 fully saturated rings. The van der Waals surface area contributed by atoms with Crippen LogP contribution in [0.15, 0.2) is 72.0 Å². The number of hydrogen-bond donors (Lipinski definition) is 2. The normalized spacial score (nSPS) is 19.5.